The van der Waals surface area contributed by atoms with E-state index in [-0.39, 0.29) is 5.91 Å². The number of hydrogen-bond acceptors (Lipinski definition) is 1. The van der Waals surface area contributed by atoms with Gasteiger partial charge in [-0.05, 0) is 6.42 Å². The molecule has 0 saturated carbocycles. The van der Waals surface area contributed by atoms with Crippen LogP contribution in [-0.2, 0) is 4.79 Å². The Hall–Kier alpha value is -0.0500. The minimum atomic E-state index is 0.0429. The molecule has 0 radical (unpaired) electrons. The number of alkyl halides is 1. The zero-order chi connectivity index (χ0) is 7.28. The van der Waals surface area contributed by atoms with Crippen molar-refractivity contribution in [3.63, 3.8) is 0 Å². The predicted molar refractivity (Wildman–Crippen MR) is 41.7 cm³/mol. The highest BCUT2D eigenvalue weighted by Gasteiger charge is 2.02. The van der Waals surface area contributed by atoms with E-state index in [1.165, 1.54) is 6.92 Å². The van der Waals surface area contributed by atoms with Crippen LogP contribution < -0.4 is 5.32 Å². The van der Waals surface area contributed by atoms with Crippen LogP contribution in [0.15, 0.2) is 0 Å². The molecule has 0 saturated heterocycles. The third-order valence-corrected chi connectivity index (χ3v) is 1.87. The summed E-state index contributed by atoms with van der Waals surface area (Å²) in [4.78, 5) is 10.4. The van der Waals surface area contributed by atoms with Gasteiger partial charge < -0.3 is 5.32 Å². The van der Waals surface area contributed by atoms with Crippen molar-refractivity contribution in [1.29, 1.82) is 0 Å². The van der Waals surface area contributed by atoms with Crippen LogP contribution in [0, 0.1) is 0 Å². The molecule has 9 heavy (non-hydrogen) atoms. The maximum atomic E-state index is 10.4. The molecule has 1 N–H and O–H groups in total. The second-order valence-electron chi connectivity index (χ2n) is 1.96. The molecule has 54 valence electrons. The van der Waals surface area contributed by atoms with Crippen molar-refractivity contribution in [1.82, 2.24) is 5.32 Å². The Morgan fingerprint density at radius 3 is 2.44 bits per heavy atom. The molecule has 0 heterocycles. The summed E-state index contributed by atoms with van der Waals surface area (Å²) in [5.74, 6) is 0.0429. The number of amides is 1. The van der Waals surface area contributed by atoms with Gasteiger partial charge in [0, 0.05) is 18.3 Å². The molecule has 0 bridgehead atoms. The first-order valence-corrected chi connectivity index (χ1v) is 4.16. The lowest BCUT2D eigenvalue weighted by molar-refractivity contribution is -0.119. The molecule has 0 aliphatic rings. The number of halogens is 1. The monoisotopic (exact) mass is 193 g/mol. The Bertz CT molecular complexity index is 91.1. The van der Waals surface area contributed by atoms with Gasteiger partial charge in [-0.1, -0.05) is 22.9 Å². The summed E-state index contributed by atoms with van der Waals surface area (Å²) in [6.45, 7) is 3.58. The normalized spacial score (nSPS) is 12.8. The number of hydrogen-bond donors (Lipinski definition) is 1. The fourth-order valence-electron chi connectivity index (χ4n) is 0.537. The van der Waals surface area contributed by atoms with E-state index in [2.05, 4.69) is 21.2 Å². The van der Waals surface area contributed by atoms with Gasteiger partial charge >= 0.3 is 0 Å². The zero-order valence-electron chi connectivity index (χ0n) is 5.78. The summed E-state index contributed by atoms with van der Waals surface area (Å²) in [6.07, 6.45) is 0.977. The van der Waals surface area contributed by atoms with Crippen LogP contribution in [0.2, 0.25) is 0 Å². The fraction of sp³-hybridized carbons (Fsp3) is 0.833. The van der Waals surface area contributed by atoms with E-state index in [1.54, 1.807) is 0 Å². The number of rotatable bonds is 3. The highest BCUT2D eigenvalue weighted by molar-refractivity contribution is 9.09. The van der Waals surface area contributed by atoms with Crippen molar-refractivity contribution in [2.75, 3.05) is 5.33 Å². The predicted octanol–water partition coefficient (Wildman–Crippen LogP) is 1.30. The smallest absolute Gasteiger partial charge is 0.217 e. The summed E-state index contributed by atoms with van der Waals surface area (Å²) >= 11 is 3.29. The molecule has 1 amide bonds. The third-order valence-electron chi connectivity index (χ3n) is 1.09. The molecule has 1 unspecified atom stereocenters. The molecule has 0 aliphatic carbocycles. The quantitative estimate of drug-likeness (QED) is 0.674. The molecule has 0 rings (SSSR count). The van der Waals surface area contributed by atoms with Gasteiger partial charge in [-0.3, -0.25) is 4.79 Å². The molecule has 0 aliphatic heterocycles. The first-order valence-electron chi connectivity index (χ1n) is 3.03. The van der Waals surface area contributed by atoms with Crippen molar-refractivity contribution in [2.45, 2.75) is 26.3 Å². The Kier molecular flexibility index (Phi) is 4.77. The van der Waals surface area contributed by atoms with Crippen LogP contribution in [0.4, 0.5) is 0 Å². The van der Waals surface area contributed by atoms with Crippen LogP contribution in [0.3, 0.4) is 0 Å². The van der Waals surface area contributed by atoms with Gasteiger partial charge in [-0.15, -0.1) is 0 Å². The maximum absolute atomic E-state index is 10.4. The summed E-state index contributed by atoms with van der Waals surface area (Å²) < 4.78 is 0. The van der Waals surface area contributed by atoms with E-state index in [1.807, 2.05) is 6.92 Å². The van der Waals surface area contributed by atoms with Crippen molar-refractivity contribution in [3.05, 3.63) is 0 Å². The van der Waals surface area contributed by atoms with Crippen molar-refractivity contribution in [2.24, 2.45) is 0 Å². The van der Waals surface area contributed by atoms with Crippen LogP contribution in [0.1, 0.15) is 20.3 Å². The zero-order valence-corrected chi connectivity index (χ0v) is 7.36. The minimum Gasteiger partial charge on any atom is -0.353 e. The number of carbonyl (C=O) groups is 1. The molecular weight excluding hydrogens is 182 g/mol. The summed E-state index contributed by atoms with van der Waals surface area (Å²) in [5, 5.41) is 3.63. The SMILES string of the molecule is CCC(CBr)NC(C)=O. The summed E-state index contributed by atoms with van der Waals surface area (Å²) in [5.41, 5.74) is 0. The molecular formula is C6H12BrNO. The molecule has 0 fully saturated rings. The summed E-state index contributed by atoms with van der Waals surface area (Å²) in [6, 6.07) is 0.294. The average molecular weight is 194 g/mol. The van der Waals surface area contributed by atoms with Crippen molar-refractivity contribution in [3.8, 4) is 0 Å². The van der Waals surface area contributed by atoms with Gasteiger partial charge in [0.1, 0.15) is 0 Å². The van der Waals surface area contributed by atoms with Gasteiger partial charge in [-0.25, -0.2) is 0 Å². The first kappa shape index (κ1) is 8.95. The van der Waals surface area contributed by atoms with E-state index in [9.17, 15) is 4.79 Å². The molecule has 0 spiro atoms. The second-order valence-corrected chi connectivity index (χ2v) is 2.61. The van der Waals surface area contributed by atoms with E-state index in [0.717, 1.165) is 11.8 Å². The number of nitrogens with one attached hydrogen (secondary N) is 1. The van der Waals surface area contributed by atoms with Crippen LogP contribution >= 0.6 is 15.9 Å². The lowest BCUT2D eigenvalue weighted by Gasteiger charge is -2.10. The largest absolute Gasteiger partial charge is 0.353 e. The molecule has 2 nitrogen and oxygen atoms in total. The standard InChI is InChI=1S/C6H12BrNO/c1-3-6(4-7)8-5(2)9/h6H,3-4H2,1-2H3,(H,8,9). The van der Waals surface area contributed by atoms with Gasteiger partial charge in [-0.2, -0.15) is 0 Å². The van der Waals surface area contributed by atoms with Crippen molar-refractivity contribution < 1.29 is 4.79 Å². The first-order chi connectivity index (χ1) is 4.20. The summed E-state index contributed by atoms with van der Waals surface area (Å²) in [7, 11) is 0. The van der Waals surface area contributed by atoms with E-state index in [0.29, 0.717) is 6.04 Å². The second kappa shape index (κ2) is 4.79. The molecule has 1 atom stereocenters. The topological polar surface area (TPSA) is 29.1 Å². The van der Waals surface area contributed by atoms with Gasteiger partial charge in [0.25, 0.3) is 0 Å². The van der Waals surface area contributed by atoms with Crippen molar-refractivity contribution >= 4 is 21.8 Å². The Labute approximate surface area is 64.1 Å². The maximum Gasteiger partial charge on any atom is 0.217 e. The minimum absolute atomic E-state index is 0.0429. The lowest BCUT2D eigenvalue weighted by Crippen LogP contribution is -2.33. The Morgan fingerprint density at radius 1 is 1.78 bits per heavy atom. The Balaban J connectivity index is 3.43. The molecule has 3 heteroatoms. The third kappa shape index (κ3) is 4.45. The number of carbonyl (C=O) groups excluding carboxylic acids is 1. The highest BCUT2D eigenvalue weighted by atomic mass is 79.9. The van der Waals surface area contributed by atoms with Crippen LogP contribution in [-0.4, -0.2) is 17.3 Å². The van der Waals surface area contributed by atoms with E-state index >= 15 is 0 Å². The van der Waals surface area contributed by atoms with Gasteiger partial charge in [0.05, 0.1) is 0 Å². The lowest BCUT2D eigenvalue weighted by atomic mass is 10.3. The van der Waals surface area contributed by atoms with Crippen LogP contribution in [0.25, 0.3) is 0 Å². The molecule has 0 aromatic carbocycles. The highest BCUT2D eigenvalue weighted by Crippen LogP contribution is 1.94. The van der Waals surface area contributed by atoms with Gasteiger partial charge in [0.2, 0.25) is 5.91 Å². The Morgan fingerprint density at radius 2 is 2.33 bits per heavy atom. The van der Waals surface area contributed by atoms with E-state index in [4.69, 9.17) is 0 Å². The average Bonchev–Trinajstić information content (AvgIpc) is 1.82. The molecule has 0 aromatic rings. The van der Waals surface area contributed by atoms with E-state index < -0.39 is 0 Å². The van der Waals surface area contributed by atoms with Crippen LogP contribution in [0.5, 0.6) is 0 Å². The molecule has 0 aromatic heterocycles. The van der Waals surface area contributed by atoms with Gasteiger partial charge in [0.15, 0.2) is 0 Å². The fourth-order valence-corrected chi connectivity index (χ4v) is 1.16.